The number of para-hydroxylation sites is 1. The predicted octanol–water partition coefficient (Wildman–Crippen LogP) is 4.75. The van der Waals surface area contributed by atoms with E-state index in [4.69, 9.17) is 23.2 Å². The third kappa shape index (κ3) is 5.17. The number of thiazole rings is 1. The van der Waals surface area contributed by atoms with Gasteiger partial charge in [0, 0.05) is 27.5 Å². The molecular weight excluding hydrogens is 463 g/mol. The summed E-state index contributed by atoms with van der Waals surface area (Å²) in [6.45, 7) is 0. The van der Waals surface area contributed by atoms with Crippen LogP contribution in [-0.2, 0) is 11.2 Å². The van der Waals surface area contributed by atoms with E-state index in [0.29, 0.717) is 26.8 Å². The number of hydrogen-bond acceptors (Lipinski definition) is 7. The van der Waals surface area contributed by atoms with Gasteiger partial charge in [-0.2, -0.15) is 4.68 Å². The van der Waals surface area contributed by atoms with Crippen molar-refractivity contribution in [2.24, 2.45) is 0 Å². The quantitative estimate of drug-likeness (QED) is 0.387. The van der Waals surface area contributed by atoms with Gasteiger partial charge in [0.15, 0.2) is 5.13 Å². The van der Waals surface area contributed by atoms with Crippen molar-refractivity contribution in [2.75, 3.05) is 11.1 Å². The number of nitrogens with zero attached hydrogens (tertiary/aromatic N) is 5. The Hall–Kier alpha value is -2.46. The van der Waals surface area contributed by atoms with Crippen molar-refractivity contribution in [1.82, 2.24) is 25.2 Å². The first-order chi connectivity index (χ1) is 14.6. The van der Waals surface area contributed by atoms with Gasteiger partial charge < -0.3 is 5.32 Å². The number of tetrazole rings is 1. The number of thioether (sulfide) groups is 1. The lowest BCUT2D eigenvalue weighted by atomic mass is 10.1. The van der Waals surface area contributed by atoms with Crippen LogP contribution in [0.4, 0.5) is 5.13 Å². The molecule has 2 aromatic heterocycles. The molecule has 2 aromatic carbocycles. The Kier molecular flexibility index (Phi) is 6.63. The Labute approximate surface area is 190 Å². The van der Waals surface area contributed by atoms with Crippen LogP contribution in [0, 0.1) is 0 Å². The topological polar surface area (TPSA) is 85.6 Å². The number of carbonyl (C=O) groups excluding carboxylic acids is 1. The number of halogens is 2. The minimum atomic E-state index is -0.187. The third-order valence-electron chi connectivity index (χ3n) is 3.95. The molecule has 0 spiro atoms. The lowest BCUT2D eigenvalue weighted by Gasteiger charge is -2.04. The molecule has 7 nitrogen and oxygen atoms in total. The van der Waals surface area contributed by atoms with Crippen molar-refractivity contribution >= 4 is 57.3 Å². The number of hydrogen-bond donors (Lipinski definition) is 1. The van der Waals surface area contributed by atoms with E-state index in [1.165, 1.54) is 23.1 Å². The summed E-state index contributed by atoms with van der Waals surface area (Å²) in [5.41, 5.74) is 1.78. The highest BCUT2D eigenvalue weighted by Crippen LogP contribution is 2.27. The molecule has 0 fully saturated rings. The fraction of sp³-hybridized carbons (Fsp3) is 0.105. The Morgan fingerprint density at radius 2 is 2.00 bits per heavy atom. The molecule has 0 saturated carbocycles. The first kappa shape index (κ1) is 20.8. The zero-order chi connectivity index (χ0) is 20.9. The maximum atomic E-state index is 12.3. The normalized spacial score (nSPS) is 10.9. The fourth-order valence-corrected chi connectivity index (χ4v) is 4.60. The summed E-state index contributed by atoms with van der Waals surface area (Å²) in [6.07, 6.45) is 2.35. The van der Waals surface area contributed by atoms with Gasteiger partial charge in [0.25, 0.3) is 0 Å². The molecule has 1 N–H and O–H groups in total. The molecule has 4 aromatic rings. The first-order valence-electron chi connectivity index (χ1n) is 8.73. The molecule has 30 heavy (non-hydrogen) atoms. The molecule has 0 unspecified atom stereocenters. The van der Waals surface area contributed by atoms with E-state index < -0.39 is 0 Å². The van der Waals surface area contributed by atoms with Crippen molar-refractivity contribution in [2.45, 2.75) is 11.6 Å². The van der Waals surface area contributed by atoms with Crippen LogP contribution in [0.25, 0.3) is 5.69 Å². The number of nitrogens with one attached hydrogen (secondary N) is 1. The van der Waals surface area contributed by atoms with Crippen LogP contribution in [0.5, 0.6) is 0 Å². The average Bonchev–Trinajstić information content (AvgIpc) is 3.38. The molecule has 0 aliphatic rings. The van der Waals surface area contributed by atoms with Gasteiger partial charge in [-0.3, -0.25) is 4.79 Å². The van der Waals surface area contributed by atoms with Crippen LogP contribution in [0.1, 0.15) is 10.4 Å². The average molecular weight is 477 g/mol. The maximum Gasteiger partial charge on any atom is 0.236 e. The second-order valence-electron chi connectivity index (χ2n) is 6.09. The highest BCUT2D eigenvalue weighted by Gasteiger charge is 2.13. The van der Waals surface area contributed by atoms with Gasteiger partial charge in [-0.1, -0.05) is 59.2 Å². The fourth-order valence-electron chi connectivity index (χ4n) is 2.59. The van der Waals surface area contributed by atoms with Crippen molar-refractivity contribution in [3.8, 4) is 5.69 Å². The number of carbonyl (C=O) groups is 1. The van der Waals surface area contributed by atoms with Crippen LogP contribution < -0.4 is 5.32 Å². The van der Waals surface area contributed by atoms with Gasteiger partial charge in [-0.15, -0.1) is 16.4 Å². The molecule has 0 aliphatic heterocycles. The summed E-state index contributed by atoms with van der Waals surface area (Å²) in [7, 11) is 0. The molecule has 0 radical (unpaired) electrons. The van der Waals surface area contributed by atoms with Gasteiger partial charge in [0.05, 0.1) is 11.4 Å². The van der Waals surface area contributed by atoms with Gasteiger partial charge in [0.1, 0.15) is 0 Å². The zero-order valence-corrected chi connectivity index (χ0v) is 18.5. The first-order valence-corrected chi connectivity index (χ1v) is 11.3. The van der Waals surface area contributed by atoms with E-state index in [9.17, 15) is 4.79 Å². The van der Waals surface area contributed by atoms with Crippen molar-refractivity contribution in [1.29, 1.82) is 0 Å². The van der Waals surface area contributed by atoms with E-state index in [1.807, 2.05) is 36.4 Å². The summed E-state index contributed by atoms with van der Waals surface area (Å²) in [4.78, 5) is 17.6. The largest absolute Gasteiger partial charge is 0.301 e. The second kappa shape index (κ2) is 9.57. The highest BCUT2D eigenvalue weighted by molar-refractivity contribution is 7.99. The van der Waals surface area contributed by atoms with Gasteiger partial charge in [-0.25, -0.2) is 4.98 Å². The van der Waals surface area contributed by atoms with Gasteiger partial charge in [0.2, 0.25) is 11.1 Å². The molecule has 0 aliphatic carbocycles. The van der Waals surface area contributed by atoms with E-state index in [2.05, 4.69) is 25.8 Å². The van der Waals surface area contributed by atoms with Gasteiger partial charge >= 0.3 is 0 Å². The molecular formula is C19H14Cl2N6OS2. The number of amides is 1. The van der Waals surface area contributed by atoms with E-state index in [1.54, 1.807) is 23.0 Å². The molecule has 0 atom stereocenters. The smallest absolute Gasteiger partial charge is 0.236 e. The summed E-state index contributed by atoms with van der Waals surface area (Å²) < 4.78 is 1.59. The van der Waals surface area contributed by atoms with Crippen molar-refractivity contribution in [3.05, 3.63) is 75.2 Å². The minimum Gasteiger partial charge on any atom is -0.301 e. The predicted molar refractivity (Wildman–Crippen MR) is 120 cm³/mol. The van der Waals surface area contributed by atoms with E-state index in [-0.39, 0.29) is 11.7 Å². The monoisotopic (exact) mass is 476 g/mol. The second-order valence-corrected chi connectivity index (χ2v) is 8.99. The summed E-state index contributed by atoms with van der Waals surface area (Å²) in [5, 5.41) is 16.7. The van der Waals surface area contributed by atoms with Crippen LogP contribution in [0.3, 0.4) is 0 Å². The summed E-state index contributed by atoms with van der Waals surface area (Å²) in [5.74, 6) is -0.0291. The highest BCUT2D eigenvalue weighted by atomic mass is 35.5. The van der Waals surface area contributed by atoms with Gasteiger partial charge in [-0.05, 0) is 40.3 Å². The third-order valence-corrected chi connectivity index (χ3v) is 6.37. The molecule has 0 saturated heterocycles. The minimum absolute atomic E-state index is 0.158. The zero-order valence-electron chi connectivity index (χ0n) is 15.3. The Morgan fingerprint density at radius 1 is 1.17 bits per heavy atom. The number of aromatic nitrogens is 5. The van der Waals surface area contributed by atoms with Crippen LogP contribution in [-0.4, -0.2) is 36.9 Å². The molecule has 11 heteroatoms. The number of anilines is 1. The van der Waals surface area contributed by atoms with Crippen LogP contribution >= 0.6 is 46.3 Å². The van der Waals surface area contributed by atoms with E-state index >= 15 is 0 Å². The standard InChI is InChI=1S/C19H14Cl2N6OS2/c20-13-7-6-12(16(21)9-13)8-15-10-22-18(30-15)23-17(28)11-29-19-24-25-26-27(19)14-4-2-1-3-5-14/h1-7,9-10H,8,11H2,(H,22,23,28). The van der Waals surface area contributed by atoms with Crippen molar-refractivity contribution in [3.63, 3.8) is 0 Å². The molecule has 4 rings (SSSR count). The summed E-state index contributed by atoms with van der Waals surface area (Å²) >= 11 is 14.8. The van der Waals surface area contributed by atoms with Crippen LogP contribution in [0.2, 0.25) is 10.0 Å². The number of benzene rings is 2. The summed E-state index contributed by atoms with van der Waals surface area (Å²) in [6, 6.07) is 14.9. The maximum absolute atomic E-state index is 12.3. The van der Waals surface area contributed by atoms with Crippen LogP contribution in [0.15, 0.2) is 59.9 Å². The SMILES string of the molecule is O=C(CSc1nnnn1-c1ccccc1)Nc1ncc(Cc2ccc(Cl)cc2Cl)s1. The molecule has 2 heterocycles. The number of rotatable bonds is 7. The molecule has 152 valence electrons. The molecule has 1 amide bonds. The Morgan fingerprint density at radius 3 is 2.80 bits per heavy atom. The Bertz CT molecular complexity index is 1160. The lowest BCUT2D eigenvalue weighted by Crippen LogP contribution is -2.14. The molecule has 0 bridgehead atoms. The lowest BCUT2D eigenvalue weighted by molar-refractivity contribution is -0.113. The van der Waals surface area contributed by atoms with E-state index in [0.717, 1.165) is 16.1 Å². The Balaban J connectivity index is 1.34. The van der Waals surface area contributed by atoms with Crippen molar-refractivity contribution < 1.29 is 4.79 Å².